The Bertz CT molecular complexity index is 1810. The molecule has 1 unspecified atom stereocenters. The molecular formula is C28H26ClFN8O2. The second kappa shape index (κ2) is 9.16. The topological polar surface area (TPSA) is 128 Å². The van der Waals surface area contributed by atoms with E-state index in [1.165, 1.54) is 7.11 Å². The average Bonchev–Trinajstić information content (AvgIpc) is 3.70. The van der Waals surface area contributed by atoms with Gasteiger partial charge >= 0.3 is 6.01 Å². The van der Waals surface area contributed by atoms with E-state index in [2.05, 4.69) is 25.1 Å². The van der Waals surface area contributed by atoms with Crippen molar-refractivity contribution in [2.24, 2.45) is 0 Å². The quantitative estimate of drug-likeness (QED) is 0.283. The van der Waals surface area contributed by atoms with Gasteiger partial charge in [0.1, 0.15) is 34.8 Å². The average molecular weight is 561 g/mol. The monoisotopic (exact) mass is 560 g/mol. The number of fused-ring (bicyclic) bond motifs is 1. The van der Waals surface area contributed by atoms with E-state index >= 15 is 4.39 Å². The standard InChI is InChI=1S/C28H26ClFN8O2/c1-12-11-40-27-21-24(35-28(39-3)36-26(21)38(12)13(2)15-5-4-8-32-25(15)31)22(30)23(34-27)20-16-10-33-37-18(16)9-17(29)19(20)14-6-7-14/h4-5,8-10,12-14H,6-7,11H2,1-3H3,(H2,31,32)(H,33,37)/t12-,13?/m0/s1. The van der Waals surface area contributed by atoms with Crippen LogP contribution in [0.5, 0.6) is 11.9 Å². The van der Waals surface area contributed by atoms with Crippen LogP contribution in [0.3, 0.4) is 0 Å². The van der Waals surface area contributed by atoms with Crippen LogP contribution in [-0.4, -0.2) is 49.9 Å². The summed E-state index contributed by atoms with van der Waals surface area (Å²) in [4.78, 5) is 20.2. The predicted molar refractivity (Wildman–Crippen MR) is 150 cm³/mol. The first-order valence-corrected chi connectivity index (χ1v) is 13.5. The van der Waals surface area contributed by atoms with Crippen molar-refractivity contribution in [3.63, 3.8) is 0 Å². The molecule has 1 saturated carbocycles. The van der Waals surface area contributed by atoms with Gasteiger partial charge in [-0.05, 0) is 50.3 Å². The fraction of sp³-hybridized carbons (Fsp3) is 0.321. The fourth-order valence-corrected chi connectivity index (χ4v) is 6.10. The minimum Gasteiger partial charge on any atom is -0.475 e. The van der Waals surface area contributed by atoms with Crippen molar-refractivity contribution in [1.29, 1.82) is 0 Å². The number of benzene rings is 1. The summed E-state index contributed by atoms with van der Waals surface area (Å²) in [5.74, 6) is 0.692. The van der Waals surface area contributed by atoms with E-state index in [1.54, 1.807) is 12.4 Å². The first-order valence-electron chi connectivity index (χ1n) is 13.1. The van der Waals surface area contributed by atoms with Gasteiger partial charge in [0.15, 0.2) is 5.82 Å². The van der Waals surface area contributed by atoms with Crippen molar-refractivity contribution in [3.05, 3.63) is 52.6 Å². The molecule has 5 heterocycles. The van der Waals surface area contributed by atoms with Crippen LogP contribution in [0.2, 0.25) is 5.02 Å². The van der Waals surface area contributed by atoms with Crippen LogP contribution in [0.1, 0.15) is 49.8 Å². The summed E-state index contributed by atoms with van der Waals surface area (Å²) in [7, 11) is 1.45. The molecule has 0 saturated heterocycles. The Balaban J connectivity index is 1.52. The first kappa shape index (κ1) is 24.8. The van der Waals surface area contributed by atoms with Crippen molar-refractivity contribution in [2.45, 2.75) is 44.7 Å². The molecule has 1 aliphatic heterocycles. The van der Waals surface area contributed by atoms with Gasteiger partial charge in [-0.3, -0.25) is 5.10 Å². The summed E-state index contributed by atoms with van der Waals surface area (Å²) in [6.07, 6.45) is 5.26. The van der Waals surface area contributed by atoms with E-state index in [9.17, 15) is 0 Å². The smallest absolute Gasteiger partial charge is 0.318 e. The number of rotatable bonds is 5. The van der Waals surface area contributed by atoms with Gasteiger partial charge in [-0.2, -0.15) is 15.1 Å². The summed E-state index contributed by atoms with van der Waals surface area (Å²) in [6, 6.07) is 5.14. The number of pyridine rings is 2. The van der Waals surface area contributed by atoms with Gasteiger partial charge < -0.3 is 20.1 Å². The van der Waals surface area contributed by atoms with Crippen LogP contribution >= 0.6 is 11.6 Å². The SMILES string of the molecule is COc1nc2c3c(nc(-c4c(C5CC5)c(Cl)cc5[nH]ncc45)c(F)c3n1)OC[C@H](C)N2C(C)c1cccnc1N. The highest BCUT2D eigenvalue weighted by Crippen LogP contribution is 2.51. The third-order valence-electron chi connectivity index (χ3n) is 7.77. The number of halogens is 2. The zero-order valence-corrected chi connectivity index (χ0v) is 22.8. The summed E-state index contributed by atoms with van der Waals surface area (Å²) in [5.41, 5.74) is 9.36. The molecule has 10 nitrogen and oxygen atoms in total. The molecule has 12 heteroatoms. The van der Waals surface area contributed by atoms with Crippen molar-refractivity contribution in [1.82, 2.24) is 30.1 Å². The third kappa shape index (κ3) is 3.71. The van der Waals surface area contributed by atoms with Crippen molar-refractivity contribution < 1.29 is 13.9 Å². The second-order valence-electron chi connectivity index (χ2n) is 10.3. The number of anilines is 2. The lowest BCUT2D eigenvalue weighted by Crippen LogP contribution is -2.39. The van der Waals surface area contributed by atoms with Crippen LogP contribution < -0.4 is 20.1 Å². The molecule has 4 aromatic heterocycles. The largest absolute Gasteiger partial charge is 0.475 e. The molecule has 0 radical (unpaired) electrons. The van der Waals surface area contributed by atoms with Crippen molar-refractivity contribution in [2.75, 3.05) is 24.4 Å². The zero-order chi connectivity index (χ0) is 27.7. The van der Waals surface area contributed by atoms with Gasteiger partial charge in [-0.1, -0.05) is 17.7 Å². The maximum absolute atomic E-state index is 16.8. The van der Waals surface area contributed by atoms with E-state index in [4.69, 9.17) is 31.8 Å². The van der Waals surface area contributed by atoms with Gasteiger partial charge in [0.2, 0.25) is 5.88 Å². The highest BCUT2D eigenvalue weighted by atomic mass is 35.5. The summed E-state index contributed by atoms with van der Waals surface area (Å²) < 4.78 is 28.5. The molecule has 1 fully saturated rings. The molecule has 1 aliphatic carbocycles. The number of nitrogens with two attached hydrogens (primary N) is 1. The Morgan fingerprint density at radius 2 is 2.10 bits per heavy atom. The Morgan fingerprint density at radius 1 is 1.27 bits per heavy atom. The summed E-state index contributed by atoms with van der Waals surface area (Å²) in [6.45, 7) is 4.27. The number of aromatic amines is 1. The number of nitrogen functional groups attached to an aromatic ring is 1. The lowest BCUT2D eigenvalue weighted by molar-refractivity contribution is 0.282. The minimum atomic E-state index is -0.612. The van der Waals surface area contributed by atoms with Gasteiger partial charge in [0.25, 0.3) is 0 Å². The maximum Gasteiger partial charge on any atom is 0.318 e. The Hall–Kier alpha value is -4.25. The molecule has 2 atom stereocenters. The Morgan fingerprint density at radius 3 is 2.85 bits per heavy atom. The van der Waals surface area contributed by atoms with E-state index in [0.29, 0.717) is 33.1 Å². The Kier molecular flexibility index (Phi) is 5.67. The van der Waals surface area contributed by atoms with Crippen molar-refractivity contribution in [3.8, 4) is 23.1 Å². The normalized spacial score (nSPS) is 17.6. The van der Waals surface area contributed by atoms with E-state index in [0.717, 1.165) is 29.4 Å². The lowest BCUT2D eigenvalue weighted by Gasteiger charge is -2.34. The van der Waals surface area contributed by atoms with E-state index in [1.807, 2.05) is 36.9 Å². The van der Waals surface area contributed by atoms with Gasteiger partial charge in [-0.25, -0.2) is 14.4 Å². The molecule has 40 heavy (non-hydrogen) atoms. The first-order chi connectivity index (χ1) is 19.4. The van der Waals surface area contributed by atoms with E-state index in [-0.39, 0.29) is 47.7 Å². The number of hydrogen-bond acceptors (Lipinski definition) is 9. The van der Waals surface area contributed by atoms with Gasteiger partial charge in [0.05, 0.1) is 30.9 Å². The molecule has 5 aromatic rings. The third-order valence-corrected chi connectivity index (χ3v) is 8.09. The Labute approximate surface area is 233 Å². The van der Waals surface area contributed by atoms with Crippen molar-refractivity contribution >= 4 is 45.0 Å². The molecular weight excluding hydrogens is 535 g/mol. The number of H-pyrrole nitrogens is 1. The number of methoxy groups -OCH3 is 1. The van der Waals surface area contributed by atoms with Gasteiger partial charge in [0, 0.05) is 27.7 Å². The number of ether oxygens (including phenoxy) is 2. The van der Waals surface area contributed by atoms with E-state index < -0.39 is 5.82 Å². The van der Waals surface area contributed by atoms with Crippen LogP contribution in [0.4, 0.5) is 16.0 Å². The van der Waals surface area contributed by atoms with Crippen LogP contribution in [0, 0.1) is 5.82 Å². The minimum absolute atomic E-state index is 0.0249. The molecule has 0 spiro atoms. The fourth-order valence-electron chi connectivity index (χ4n) is 5.74. The highest BCUT2D eigenvalue weighted by molar-refractivity contribution is 6.33. The number of aromatic nitrogens is 6. The molecule has 0 bridgehead atoms. The lowest BCUT2D eigenvalue weighted by atomic mass is 9.95. The van der Waals surface area contributed by atoms with Crippen LogP contribution in [0.15, 0.2) is 30.6 Å². The van der Waals surface area contributed by atoms with Crippen LogP contribution in [0.25, 0.3) is 33.1 Å². The second-order valence-corrected chi connectivity index (χ2v) is 10.7. The molecule has 0 amide bonds. The highest BCUT2D eigenvalue weighted by Gasteiger charge is 2.36. The molecule has 2 aliphatic rings. The van der Waals surface area contributed by atoms with Gasteiger partial charge in [-0.15, -0.1) is 0 Å². The maximum atomic E-state index is 16.8. The van der Waals surface area contributed by atoms with Crippen LogP contribution in [-0.2, 0) is 0 Å². The molecule has 204 valence electrons. The zero-order valence-electron chi connectivity index (χ0n) is 22.1. The molecule has 1 aromatic carbocycles. The predicted octanol–water partition coefficient (Wildman–Crippen LogP) is 5.57. The number of hydrogen-bond donors (Lipinski definition) is 2. The number of nitrogens with zero attached hydrogens (tertiary/aromatic N) is 6. The summed E-state index contributed by atoms with van der Waals surface area (Å²) in [5, 5.41) is 8.78. The summed E-state index contributed by atoms with van der Waals surface area (Å²) >= 11 is 6.75. The number of nitrogens with one attached hydrogen (secondary N) is 1. The molecule has 3 N–H and O–H groups in total. The molecule has 7 rings (SSSR count).